The molecule has 1 atom stereocenters. The molecule has 0 radical (unpaired) electrons. The van der Waals surface area contributed by atoms with Crippen LogP contribution in [-0.2, 0) is 4.74 Å². The van der Waals surface area contributed by atoms with Crippen LogP contribution in [0.15, 0.2) is 29.3 Å². The van der Waals surface area contributed by atoms with Crippen molar-refractivity contribution in [2.24, 2.45) is 10.7 Å². The second-order valence-electron chi connectivity index (χ2n) is 6.92. The van der Waals surface area contributed by atoms with Gasteiger partial charge in [0.2, 0.25) is 0 Å². The standard InChI is InChI=1S/C19H29FN4O/c20-16-8-6-15(7-9-16)18(24-10-12-25-13-11-24)14-22-19(21)23-17-4-2-1-3-5-17/h6-9,17-18H,1-5,10-14H2,(H3,21,22,23). The molecule has 138 valence electrons. The summed E-state index contributed by atoms with van der Waals surface area (Å²) in [5.74, 6) is 0.304. The Bertz CT molecular complexity index is 551. The molecule has 1 unspecified atom stereocenters. The van der Waals surface area contributed by atoms with E-state index in [2.05, 4.69) is 15.2 Å². The first kappa shape index (κ1) is 18.1. The fraction of sp³-hybridized carbons (Fsp3) is 0.632. The monoisotopic (exact) mass is 348 g/mol. The van der Waals surface area contributed by atoms with Crippen molar-refractivity contribution >= 4 is 5.96 Å². The van der Waals surface area contributed by atoms with E-state index in [-0.39, 0.29) is 11.9 Å². The summed E-state index contributed by atoms with van der Waals surface area (Å²) in [6, 6.07) is 7.25. The molecule has 1 saturated carbocycles. The minimum atomic E-state index is -0.216. The Kier molecular flexibility index (Phi) is 6.64. The first-order valence-corrected chi connectivity index (χ1v) is 9.36. The molecule has 1 saturated heterocycles. The number of guanidine groups is 1. The number of nitrogens with two attached hydrogens (primary N) is 1. The van der Waals surface area contributed by atoms with Crippen molar-refractivity contribution in [2.45, 2.75) is 44.2 Å². The maximum Gasteiger partial charge on any atom is 0.188 e. The Morgan fingerprint density at radius 2 is 1.88 bits per heavy atom. The number of rotatable bonds is 5. The van der Waals surface area contributed by atoms with Gasteiger partial charge in [0.25, 0.3) is 0 Å². The largest absolute Gasteiger partial charge is 0.379 e. The lowest BCUT2D eigenvalue weighted by atomic mass is 9.96. The van der Waals surface area contributed by atoms with Crippen molar-refractivity contribution < 1.29 is 9.13 Å². The van der Waals surface area contributed by atoms with Crippen LogP contribution >= 0.6 is 0 Å². The van der Waals surface area contributed by atoms with Crippen LogP contribution in [0.3, 0.4) is 0 Å². The first-order valence-electron chi connectivity index (χ1n) is 9.36. The predicted octanol–water partition coefficient (Wildman–Crippen LogP) is 2.44. The summed E-state index contributed by atoms with van der Waals surface area (Å²) >= 11 is 0. The van der Waals surface area contributed by atoms with Crippen molar-refractivity contribution in [3.63, 3.8) is 0 Å². The van der Waals surface area contributed by atoms with Crippen molar-refractivity contribution in [1.29, 1.82) is 0 Å². The maximum absolute atomic E-state index is 13.3. The number of hydrogen-bond donors (Lipinski definition) is 2. The van der Waals surface area contributed by atoms with Gasteiger partial charge in [0.05, 0.1) is 25.8 Å². The van der Waals surface area contributed by atoms with E-state index in [1.807, 2.05) is 12.1 Å². The van der Waals surface area contributed by atoms with Gasteiger partial charge in [-0.25, -0.2) is 4.39 Å². The Labute approximate surface area is 149 Å². The molecule has 2 fully saturated rings. The molecule has 0 bridgehead atoms. The molecule has 0 spiro atoms. The van der Waals surface area contributed by atoms with Crippen molar-refractivity contribution in [3.05, 3.63) is 35.6 Å². The van der Waals surface area contributed by atoms with Gasteiger partial charge in [-0.05, 0) is 30.5 Å². The number of benzene rings is 1. The summed E-state index contributed by atoms with van der Waals surface area (Å²) in [6.45, 7) is 3.71. The van der Waals surface area contributed by atoms with E-state index < -0.39 is 0 Å². The van der Waals surface area contributed by atoms with Gasteiger partial charge in [0.1, 0.15) is 5.82 Å². The molecule has 1 aliphatic carbocycles. The summed E-state index contributed by atoms with van der Waals surface area (Å²) in [5.41, 5.74) is 7.19. The Balaban J connectivity index is 1.65. The van der Waals surface area contributed by atoms with Crippen LogP contribution in [0.1, 0.15) is 43.7 Å². The van der Waals surface area contributed by atoms with Gasteiger partial charge in [0, 0.05) is 19.1 Å². The summed E-state index contributed by atoms with van der Waals surface area (Å²) in [7, 11) is 0. The fourth-order valence-corrected chi connectivity index (χ4v) is 3.69. The van der Waals surface area contributed by atoms with Gasteiger partial charge in [-0.1, -0.05) is 31.4 Å². The van der Waals surface area contributed by atoms with Gasteiger partial charge >= 0.3 is 0 Å². The lowest BCUT2D eigenvalue weighted by molar-refractivity contribution is 0.0179. The molecule has 1 aromatic rings. The molecule has 0 aromatic heterocycles. The quantitative estimate of drug-likeness (QED) is 0.634. The average Bonchev–Trinajstić information content (AvgIpc) is 2.65. The van der Waals surface area contributed by atoms with E-state index in [1.165, 1.54) is 44.2 Å². The highest BCUT2D eigenvalue weighted by Crippen LogP contribution is 2.23. The van der Waals surface area contributed by atoms with E-state index in [0.717, 1.165) is 31.9 Å². The topological polar surface area (TPSA) is 62.9 Å². The number of halogens is 1. The van der Waals surface area contributed by atoms with E-state index in [1.54, 1.807) is 0 Å². The number of hydrogen-bond acceptors (Lipinski definition) is 3. The number of aliphatic imine (C=N–C) groups is 1. The smallest absolute Gasteiger partial charge is 0.188 e. The Morgan fingerprint density at radius 3 is 2.56 bits per heavy atom. The highest BCUT2D eigenvalue weighted by atomic mass is 19.1. The molecule has 1 aromatic carbocycles. The van der Waals surface area contributed by atoms with Crippen LogP contribution in [0.2, 0.25) is 0 Å². The van der Waals surface area contributed by atoms with Crippen LogP contribution < -0.4 is 11.1 Å². The summed E-state index contributed by atoms with van der Waals surface area (Å²) in [6.07, 6.45) is 6.18. The van der Waals surface area contributed by atoms with Gasteiger partial charge in [-0.2, -0.15) is 0 Å². The normalized spacial score (nSPS) is 21.9. The molecule has 25 heavy (non-hydrogen) atoms. The third-order valence-corrected chi connectivity index (χ3v) is 5.13. The second-order valence-corrected chi connectivity index (χ2v) is 6.92. The van der Waals surface area contributed by atoms with Crippen LogP contribution in [0.5, 0.6) is 0 Å². The molecular weight excluding hydrogens is 319 g/mol. The highest BCUT2D eigenvalue weighted by Gasteiger charge is 2.23. The minimum Gasteiger partial charge on any atom is -0.379 e. The van der Waals surface area contributed by atoms with Crippen LogP contribution in [0.25, 0.3) is 0 Å². The lowest BCUT2D eigenvalue weighted by Crippen LogP contribution is -2.43. The average molecular weight is 348 g/mol. The van der Waals surface area contributed by atoms with Crippen LogP contribution in [0.4, 0.5) is 4.39 Å². The first-order chi connectivity index (χ1) is 12.2. The van der Waals surface area contributed by atoms with E-state index >= 15 is 0 Å². The number of nitrogens with zero attached hydrogens (tertiary/aromatic N) is 2. The summed E-state index contributed by atoms with van der Waals surface area (Å²) in [4.78, 5) is 6.94. The Morgan fingerprint density at radius 1 is 1.20 bits per heavy atom. The highest BCUT2D eigenvalue weighted by molar-refractivity contribution is 5.78. The summed E-state index contributed by atoms with van der Waals surface area (Å²) < 4.78 is 18.7. The van der Waals surface area contributed by atoms with Crippen molar-refractivity contribution in [2.75, 3.05) is 32.8 Å². The van der Waals surface area contributed by atoms with Crippen molar-refractivity contribution in [1.82, 2.24) is 10.2 Å². The molecule has 3 rings (SSSR count). The third kappa shape index (κ3) is 5.41. The molecule has 3 N–H and O–H groups in total. The van der Waals surface area contributed by atoms with Gasteiger partial charge in [-0.15, -0.1) is 0 Å². The molecule has 1 aliphatic heterocycles. The maximum atomic E-state index is 13.3. The molecular formula is C19H29FN4O. The molecule has 1 heterocycles. The second kappa shape index (κ2) is 9.15. The van der Waals surface area contributed by atoms with Crippen LogP contribution in [0, 0.1) is 5.82 Å². The van der Waals surface area contributed by atoms with E-state index in [0.29, 0.717) is 18.5 Å². The number of morpholine rings is 1. The van der Waals surface area contributed by atoms with Crippen LogP contribution in [-0.4, -0.2) is 49.7 Å². The van der Waals surface area contributed by atoms with E-state index in [4.69, 9.17) is 10.5 Å². The van der Waals surface area contributed by atoms with Crippen molar-refractivity contribution in [3.8, 4) is 0 Å². The number of ether oxygens (including phenoxy) is 1. The third-order valence-electron chi connectivity index (χ3n) is 5.13. The molecule has 2 aliphatic rings. The van der Waals surface area contributed by atoms with Gasteiger partial charge in [0.15, 0.2) is 5.96 Å². The zero-order chi connectivity index (χ0) is 17.5. The van der Waals surface area contributed by atoms with Gasteiger partial charge < -0.3 is 15.8 Å². The predicted molar refractivity (Wildman–Crippen MR) is 98.0 cm³/mol. The molecule has 6 heteroatoms. The molecule has 5 nitrogen and oxygen atoms in total. The minimum absolute atomic E-state index is 0.0937. The van der Waals surface area contributed by atoms with Gasteiger partial charge in [-0.3, -0.25) is 9.89 Å². The molecule has 0 amide bonds. The zero-order valence-electron chi connectivity index (χ0n) is 14.8. The fourth-order valence-electron chi connectivity index (χ4n) is 3.69. The zero-order valence-corrected chi connectivity index (χ0v) is 14.8. The lowest BCUT2D eigenvalue weighted by Gasteiger charge is -2.34. The van der Waals surface area contributed by atoms with E-state index in [9.17, 15) is 4.39 Å². The number of nitrogens with one attached hydrogen (secondary N) is 1. The SMILES string of the molecule is NC(=NCC(c1ccc(F)cc1)N1CCOCC1)NC1CCCCC1. The summed E-state index contributed by atoms with van der Waals surface area (Å²) in [5, 5.41) is 3.36. The Hall–Kier alpha value is -1.66.